The number of thiazole rings is 1. The summed E-state index contributed by atoms with van der Waals surface area (Å²) in [4.78, 5) is 32.3. The van der Waals surface area contributed by atoms with Crippen LogP contribution in [0.1, 0.15) is 15.2 Å². The molecule has 2 aromatic carbocycles. The Kier molecular flexibility index (Phi) is 6.66. The van der Waals surface area contributed by atoms with E-state index in [1.165, 1.54) is 40.1 Å². The lowest BCUT2D eigenvalue weighted by atomic mass is 10.1. The molecule has 0 aliphatic rings. The molecule has 0 bridgehead atoms. The van der Waals surface area contributed by atoms with Gasteiger partial charge in [0.2, 0.25) is 5.91 Å². The number of aryl methyl sites for hydroxylation is 1. The molecule has 0 unspecified atom stereocenters. The van der Waals surface area contributed by atoms with Gasteiger partial charge in [-0.25, -0.2) is 9.37 Å². The third-order valence-electron chi connectivity index (χ3n) is 4.12. The first-order chi connectivity index (χ1) is 13.8. The Labute approximate surface area is 177 Å². The van der Waals surface area contributed by atoms with Crippen molar-refractivity contribution >= 4 is 40.0 Å². The second-order valence-electron chi connectivity index (χ2n) is 6.46. The van der Waals surface area contributed by atoms with Gasteiger partial charge in [-0.3, -0.25) is 14.9 Å². The fraction of sp³-hybridized carbons (Fsp3) is 0.190. The summed E-state index contributed by atoms with van der Waals surface area (Å²) in [6.45, 7) is 1.91. The van der Waals surface area contributed by atoms with Crippen LogP contribution in [-0.2, 0) is 4.79 Å². The molecule has 3 aromatic rings. The van der Waals surface area contributed by atoms with Crippen molar-refractivity contribution in [1.82, 2.24) is 9.88 Å². The van der Waals surface area contributed by atoms with Gasteiger partial charge in [0.15, 0.2) is 5.13 Å². The zero-order chi connectivity index (χ0) is 21.0. The van der Waals surface area contributed by atoms with Crippen LogP contribution >= 0.6 is 23.1 Å². The molecule has 29 heavy (non-hydrogen) atoms. The highest BCUT2D eigenvalue weighted by atomic mass is 32.2. The maximum atomic E-state index is 13.2. The normalized spacial score (nSPS) is 10.6. The highest BCUT2D eigenvalue weighted by Gasteiger charge is 2.17. The van der Waals surface area contributed by atoms with Crippen LogP contribution in [0.25, 0.3) is 11.3 Å². The van der Waals surface area contributed by atoms with Gasteiger partial charge >= 0.3 is 0 Å². The van der Waals surface area contributed by atoms with Gasteiger partial charge in [0, 0.05) is 29.4 Å². The number of anilines is 1. The van der Waals surface area contributed by atoms with E-state index in [9.17, 15) is 14.0 Å². The first-order valence-corrected chi connectivity index (χ1v) is 10.6. The van der Waals surface area contributed by atoms with Crippen LogP contribution in [0, 0.1) is 12.7 Å². The number of carbonyl (C=O) groups is 2. The topological polar surface area (TPSA) is 62.3 Å². The Hall–Kier alpha value is -2.71. The van der Waals surface area contributed by atoms with Crippen LogP contribution < -0.4 is 5.32 Å². The number of amides is 2. The van der Waals surface area contributed by atoms with E-state index >= 15 is 0 Å². The molecule has 1 heterocycles. The van der Waals surface area contributed by atoms with Crippen molar-refractivity contribution in [1.29, 1.82) is 0 Å². The molecule has 5 nitrogen and oxygen atoms in total. The van der Waals surface area contributed by atoms with E-state index in [4.69, 9.17) is 0 Å². The molecule has 0 spiro atoms. The zero-order valence-corrected chi connectivity index (χ0v) is 17.9. The summed E-state index contributed by atoms with van der Waals surface area (Å²) in [6.07, 6.45) is 0. The van der Waals surface area contributed by atoms with E-state index in [0.717, 1.165) is 15.3 Å². The number of rotatable bonds is 6. The largest absolute Gasteiger partial charge is 0.348 e. The summed E-state index contributed by atoms with van der Waals surface area (Å²) in [5.74, 6) is -0.367. The van der Waals surface area contributed by atoms with E-state index in [2.05, 4.69) is 10.3 Å². The summed E-state index contributed by atoms with van der Waals surface area (Å²) in [6, 6.07) is 13.2. The molecular formula is C21H20FN3O2S2. The molecule has 0 aliphatic heterocycles. The maximum Gasteiger partial charge on any atom is 0.258 e. The maximum absolute atomic E-state index is 13.2. The van der Waals surface area contributed by atoms with E-state index in [1.807, 2.05) is 19.1 Å². The Morgan fingerprint density at radius 1 is 1.14 bits per heavy atom. The molecule has 1 N–H and O–H groups in total. The predicted octanol–water partition coefficient (Wildman–Crippen LogP) is 4.69. The number of hydrogen-bond donors (Lipinski definition) is 1. The summed E-state index contributed by atoms with van der Waals surface area (Å²) < 4.78 is 13.2. The third-order valence-corrected chi connectivity index (χ3v) is 6.06. The van der Waals surface area contributed by atoms with Crippen molar-refractivity contribution in [2.45, 2.75) is 11.8 Å². The monoisotopic (exact) mass is 429 g/mol. The molecule has 0 saturated carbocycles. The Balaban J connectivity index is 1.77. The quantitative estimate of drug-likeness (QED) is 0.578. The number of aromatic nitrogens is 1. The molecule has 0 aliphatic carbocycles. The van der Waals surface area contributed by atoms with Crippen molar-refractivity contribution in [2.24, 2.45) is 0 Å². The minimum atomic E-state index is -0.308. The van der Waals surface area contributed by atoms with Crippen LogP contribution in [-0.4, -0.2) is 41.5 Å². The summed E-state index contributed by atoms with van der Waals surface area (Å²) in [5.41, 5.74) is 1.99. The average Bonchev–Trinajstić information content (AvgIpc) is 3.06. The average molecular weight is 430 g/mol. The third kappa shape index (κ3) is 5.21. The standard InChI is InChI=1S/C21H20FN3O2S2/c1-13-19(14-8-10-15(22)11-9-14)23-21(29-13)24-20(27)16-6-4-5-7-17(16)28-12-18(26)25(2)3/h4-11H,12H2,1-3H3,(H,23,24,27). The molecule has 2 amide bonds. The highest BCUT2D eigenvalue weighted by molar-refractivity contribution is 8.00. The van der Waals surface area contributed by atoms with Gasteiger partial charge in [0.25, 0.3) is 5.91 Å². The molecule has 8 heteroatoms. The lowest BCUT2D eigenvalue weighted by Gasteiger charge is -2.11. The lowest BCUT2D eigenvalue weighted by molar-refractivity contribution is -0.125. The number of nitrogens with zero attached hydrogens (tertiary/aromatic N) is 2. The van der Waals surface area contributed by atoms with Crippen molar-refractivity contribution in [3.05, 3.63) is 64.8 Å². The van der Waals surface area contributed by atoms with Gasteiger partial charge in [0.1, 0.15) is 5.82 Å². The SMILES string of the molecule is Cc1sc(NC(=O)c2ccccc2SCC(=O)N(C)C)nc1-c1ccc(F)cc1. The number of carbonyl (C=O) groups excluding carboxylic acids is 2. The van der Waals surface area contributed by atoms with Crippen molar-refractivity contribution in [3.63, 3.8) is 0 Å². The molecule has 0 atom stereocenters. The molecule has 3 rings (SSSR count). The van der Waals surface area contributed by atoms with Gasteiger partial charge in [-0.1, -0.05) is 12.1 Å². The highest BCUT2D eigenvalue weighted by Crippen LogP contribution is 2.31. The number of benzene rings is 2. The van der Waals surface area contributed by atoms with Crippen molar-refractivity contribution in [3.8, 4) is 11.3 Å². The van der Waals surface area contributed by atoms with Gasteiger partial charge in [-0.15, -0.1) is 23.1 Å². The van der Waals surface area contributed by atoms with E-state index in [1.54, 1.807) is 38.4 Å². The van der Waals surface area contributed by atoms with Gasteiger partial charge in [-0.2, -0.15) is 0 Å². The fourth-order valence-corrected chi connectivity index (χ4v) is 4.40. The van der Waals surface area contributed by atoms with E-state index in [-0.39, 0.29) is 23.4 Å². The first kappa shape index (κ1) is 21.0. The fourth-order valence-electron chi connectivity index (χ4n) is 2.54. The van der Waals surface area contributed by atoms with E-state index < -0.39 is 0 Å². The number of nitrogens with one attached hydrogen (secondary N) is 1. The van der Waals surface area contributed by atoms with Crippen molar-refractivity contribution in [2.75, 3.05) is 25.2 Å². The van der Waals surface area contributed by atoms with Gasteiger partial charge in [-0.05, 0) is 43.3 Å². The van der Waals surface area contributed by atoms with Gasteiger partial charge < -0.3 is 4.90 Å². The number of halogens is 1. The molecule has 1 aromatic heterocycles. The zero-order valence-electron chi connectivity index (χ0n) is 16.2. The Morgan fingerprint density at radius 2 is 1.83 bits per heavy atom. The number of thioether (sulfide) groups is 1. The second-order valence-corrected chi connectivity index (χ2v) is 8.68. The van der Waals surface area contributed by atoms with E-state index in [0.29, 0.717) is 16.4 Å². The molecule has 0 radical (unpaired) electrons. The van der Waals surface area contributed by atoms with Crippen LogP contribution in [0.15, 0.2) is 53.4 Å². The van der Waals surface area contributed by atoms with Crippen LogP contribution in [0.4, 0.5) is 9.52 Å². The summed E-state index contributed by atoms with van der Waals surface area (Å²) in [5, 5.41) is 3.31. The summed E-state index contributed by atoms with van der Waals surface area (Å²) in [7, 11) is 3.40. The van der Waals surface area contributed by atoms with Crippen LogP contribution in [0.2, 0.25) is 0 Å². The first-order valence-electron chi connectivity index (χ1n) is 8.82. The van der Waals surface area contributed by atoms with Gasteiger partial charge in [0.05, 0.1) is 17.0 Å². The molecular weight excluding hydrogens is 409 g/mol. The van der Waals surface area contributed by atoms with Crippen LogP contribution in [0.5, 0.6) is 0 Å². The molecule has 0 fully saturated rings. The Morgan fingerprint density at radius 3 is 2.52 bits per heavy atom. The van der Waals surface area contributed by atoms with Crippen LogP contribution in [0.3, 0.4) is 0 Å². The lowest BCUT2D eigenvalue weighted by Crippen LogP contribution is -2.23. The molecule has 0 saturated heterocycles. The summed E-state index contributed by atoms with van der Waals surface area (Å²) >= 11 is 2.68. The predicted molar refractivity (Wildman–Crippen MR) is 116 cm³/mol. The second kappa shape index (κ2) is 9.19. The smallest absolute Gasteiger partial charge is 0.258 e. The van der Waals surface area contributed by atoms with Crippen molar-refractivity contribution < 1.29 is 14.0 Å². The minimum Gasteiger partial charge on any atom is -0.348 e. The minimum absolute atomic E-state index is 0.0234. The molecule has 150 valence electrons. The number of hydrogen-bond acceptors (Lipinski definition) is 5. The Bertz CT molecular complexity index is 1030.